The number of halogens is 1. The molecule has 0 saturated heterocycles. The molecule has 0 bridgehead atoms. The summed E-state index contributed by atoms with van der Waals surface area (Å²) in [4.78, 5) is 5.36. The van der Waals surface area contributed by atoms with Crippen molar-refractivity contribution in [2.45, 2.75) is 32.1 Å². The van der Waals surface area contributed by atoms with Crippen LogP contribution in [0.4, 0.5) is 0 Å². The molecule has 6 nitrogen and oxygen atoms in total. The second-order valence-corrected chi connectivity index (χ2v) is 9.63. The van der Waals surface area contributed by atoms with Crippen molar-refractivity contribution >= 4 is 33.2 Å². The molecule has 0 aliphatic carbocycles. The van der Waals surface area contributed by atoms with Crippen molar-refractivity contribution in [2.75, 3.05) is 6.54 Å². The molecule has 0 radical (unpaired) electrons. The van der Waals surface area contributed by atoms with Gasteiger partial charge in [-0.3, -0.25) is 9.67 Å². The summed E-state index contributed by atoms with van der Waals surface area (Å²) < 4.78 is 9.62. The van der Waals surface area contributed by atoms with Gasteiger partial charge in [0.1, 0.15) is 11.9 Å². The minimum atomic E-state index is -0.0953. The summed E-state index contributed by atoms with van der Waals surface area (Å²) in [5.74, 6) is 0.875. The number of nitrogens with zero attached hydrogens (tertiary/aromatic N) is 3. The maximum Gasteiger partial charge on any atom is 0.145 e. The molecule has 8 heteroatoms. The molecule has 3 aromatic heterocycles. The maximum atomic E-state index is 9.59. The first-order chi connectivity index (χ1) is 15.1. The first kappa shape index (κ1) is 19.3. The summed E-state index contributed by atoms with van der Waals surface area (Å²) in [5.41, 5.74) is 7.55. The summed E-state index contributed by atoms with van der Waals surface area (Å²) in [5, 5.41) is 18.5. The number of benzene rings is 1. The molecule has 2 aliphatic rings. The van der Waals surface area contributed by atoms with Crippen molar-refractivity contribution in [2.24, 2.45) is 7.05 Å². The summed E-state index contributed by atoms with van der Waals surface area (Å²) in [7, 11) is 2.00. The van der Waals surface area contributed by atoms with Crippen molar-refractivity contribution < 1.29 is 9.84 Å². The average molecular weight is 453 g/mol. The maximum absolute atomic E-state index is 9.59. The molecule has 158 valence electrons. The Balaban J connectivity index is 1.47. The fourth-order valence-corrected chi connectivity index (χ4v) is 6.05. The van der Waals surface area contributed by atoms with Gasteiger partial charge in [-0.15, -0.1) is 11.3 Å². The smallest absolute Gasteiger partial charge is 0.145 e. The summed E-state index contributed by atoms with van der Waals surface area (Å²) in [6, 6.07) is 7.91. The van der Waals surface area contributed by atoms with Gasteiger partial charge in [-0.1, -0.05) is 11.6 Å². The van der Waals surface area contributed by atoms with E-state index in [4.69, 9.17) is 21.4 Å². The van der Waals surface area contributed by atoms with E-state index in [1.54, 1.807) is 17.5 Å². The molecule has 0 spiro atoms. The van der Waals surface area contributed by atoms with Gasteiger partial charge in [-0.25, -0.2) is 0 Å². The monoisotopic (exact) mass is 452 g/mol. The Bertz CT molecular complexity index is 1330. The van der Waals surface area contributed by atoms with Crippen molar-refractivity contribution in [1.82, 2.24) is 20.1 Å². The van der Waals surface area contributed by atoms with Crippen LogP contribution in [0.15, 0.2) is 30.5 Å². The van der Waals surface area contributed by atoms with E-state index >= 15 is 0 Å². The van der Waals surface area contributed by atoms with Crippen LogP contribution in [-0.2, 0) is 33.0 Å². The Morgan fingerprint density at radius 2 is 2.23 bits per heavy atom. The lowest BCUT2D eigenvalue weighted by Crippen LogP contribution is -2.24. The Morgan fingerprint density at radius 3 is 3.10 bits per heavy atom. The number of fused-ring (bicyclic) bond motifs is 3. The number of hydrogen-bond donors (Lipinski definition) is 2. The number of aliphatic hydroxyl groups excluding tert-OH is 1. The average Bonchev–Trinajstić information content (AvgIpc) is 3.45. The van der Waals surface area contributed by atoms with E-state index < -0.39 is 0 Å². The number of hydrogen-bond acceptors (Lipinski definition) is 6. The molecule has 31 heavy (non-hydrogen) atoms. The first-order valence-electron chi connectivity index (χ1n) is 10.4. The van der Waals surface area contributed by atoms with Crippen LogP contribution in [0.2, 0.25) is 5.02 Å². The molecule has 0 fully saturated rings. The third kappa shape index (κ3) is 3.07. The molecule has 4 aromatic rings. The number of thiophene rings is 1. The normalized spacial score (nSPS) is 17.6. The van der Waals surface area contributed by atoms with Gasteiger partial charge in [0.15, 0.2) is 0 Å². The summed E-state index contributed by atoms with van der Waals surface area (Å²) in [6.45, 7) is 1.79. The van der Waals surface area contributed by atoms with Crippen molar-refractivity contribution in [1.29, 1.82) is 0 Å². The van der Waals surface area contributed by atoms with Gasteiger partial charge in [0, 0.05) is 71.3 Å². The fraction of sp³-hybridized carbons (Fsp3) is 0.304. The predicted octanol–water partition coefficient (Wildman–Crippen LogP) is 4.16. The van der Waals surface area contributed by atoms with Crippen LogP contribution in [0.3, 0.4) is 0 Å². The second kappa shape index (κ2) is 7.31. The molecule has 2 N–H and O–H groups in total. The lowest BCUT2D eigenvalue weighted by Gasteiger charge is -2.17. The molecule has 1 aromatic carbocycles. The van der Waals surface area contributed by atoms with Crippen LogP contribution in [0.5, 0.6) is 5.75 Å². The van der Waals surface area contributed by atoms with Crippen LogP contribution in [0.25, 0.3) is 21.3 Å². The topological polar surface area (TPSA) is 72.2 Å². The van der Waals surface area contributed by atoms with Gasteiger partial charge in [0.2, 0.25) is 0 Å². The highest BCUT2D eigenvalue weighted by atomic mass is 35.5. The number of aromatic nitrogens is 3. The third-order valence-corrected chi connectivity index (χ3v) is 7.49. The van der Waals surface area contributed by atoms with E-state index in [0.29, 0.717) is 5.02 Å². The fourth-order valence-electron chi connectivity index (χ4n) is 4.81. The van der Waals surface area contributed by atoms with E-state index in [-0.39, 0.29) is 12.7 Å². The predicted molar refractivity (Wildman–Crippen MR) is 122 cm³/mol. The molecule has 6 rings (SSSR count). The van der Waals surface area contributed by atoms with Crippen molar-refractivity contribution in [3.05, 3.63) is 62.9 Å². The molecular formula is C23H21ClN4O2S. The molecule has 5 heterocycles. The van der Waals surface area contributed by atoms with Gasteiger partial charge < -0.3 is 15.2 Å². The molecule has 0 unspecified atom stereocenters. The number of nitrogens with one attached hydrogen (secondary N) is 1. The van der Waals surface area contributed by atoms with Crippen LogP contribution in [0.1, 0.15) is 33.5 Å². The summed E-state index contributed by atoms with van der Waals surface area (Å²) >= 11 is 8.10. The highest BCUT2D eigenvalue weighted by Gasteiger charge is 2.33. The minimum absolute atomic E-state index is 0.00628. The Labute approximate surface area is 188 Å². The summed E-state index contributed by atoms with van der Waals surface area (Å²) in [6.07, 6.45) is 3.41. The van der Waals surface area contributed by atoms with Gasteiger partial charge in [-0.05, 0) is 24.3 Å². The van der Waals surface area contributed by atoms with E-state index in [1.807, 2.05) is 36.0 Å². The van der Waals surface area contributed by atoms with Gasteiger partial charge in [0.25, 0.3) is 0 Å². The van der Waals surface area contributed by atoms with Gasteiger partial charge in [-0.2, -0.15) is 5.10 Å². The van der Waals surface area contributed by atoms with E-state index in [9.17, 15) is 5.11 Å². The Morgan fingerprint density at radius 1 is 1.32 bits per heavy atom. The Kier molecular flexibility index (Phi) is 4.54. The molecule has 0 saturated carbocycles. The number of rotatable bonds is 3. The largest absolute Gasteiger partial charge is 0.483 e. The lowest BCUT2D eigenvalue weighted by molar-refractivity contribution is 0.226. The van der Waals surface area contributed by atoms with Gasteiger partial charge >= 0.3 is 0 Å². The van der Waals surface area contributed by atoms with E-state index in [2.05, 4.69) is 10.3 Å². The van der Waals surface area contributed by atoms with Crippen molar-refractivity contribution in [3.8, 4) is 16.9 Å². The minimum Gasteiger partial charge on any atom is -0.483 e. The van der Waals surface area contributed by atoms with Crippen LogP contribution < -0.4 is 10.1 Å². The number of ether oxygens (including phenoxy) is 1. The zero-order valence-electron chi connectivity index (χ0n) is 17.0. The number of pyridine rings is 1. The van der Waals surface area contributed by atoms with E-state index in [1.165, 1.54) is 11.3 Å². The highest BCUT2D eigenvalue weighted by molar-refractivity contribution is 7.19. The zero-order chi connectivity index (χ0) is 21.1. The van der Waals surface area contributed by atoms with Crippen LogP contribution in [-0.4, -0.2) is 26.4 Å². The van der Waals surface area contributed by atoms with E-state index in [0.717, 1.165) is 69.2 Å². The van der Waals surface area contributed by atoms with Gasteiger partial charge in [0.05, 0.1) is 28.2 Å². The SMILES string of the molecule is Cn1nc2c(c1[C@H]1Cc3cc(Cl)cc(-c4ccnc5cc(CO)sc45)c3O1)CNCC2. The highest BCUT2D eigenvalue weighted by Crippen LogP contribution is 2.47. The second-order valence-electron chi connectivity index (χ2n) is 8.06. The van der Waals surface area contributed by atoms with Crippen LogP contribution in [0, 0.1) is 0 Å². The molecule has 1 atom stereocenters. The standard InChI is InChI=1S/C23H21ClN4O2S/c1-28-21(17-10-25-4-3-18(17)27-28)20-7-12-6-13(24)8-16(22(12)30-20)15-2-5-26-19-9-14(11-29)31-23(15)19/h2,5-6,8-9,20,25,29H,3-4,7,10-11H2,1H3/t20-/m1/s1. The number of aryl methyl sites for hydroxylation is 1. The van der Waals surface area contributed by atoms with Crippen molar-refractivity contribution in [3.63, 3.8) is 0 Å². The quantitative estimate of drug-likeness (QED) is 0.488. The Hall–Kier alpha value is -2.45. The first-order valence-corrected chi connectivity index (χ1v) is 11.5. The molecular weight excluding hydrogens is 432 g/mol. The molecule has 2 aliphatic heterocycles. The lowest BCUT2D eigenvalue weighted by atomic mass is 9.98. The number of aliphatic hydroxyl groups is 1. The third-order valence-electron chi connectivity index (χ3n) is 6.13. The zero-order valence-corrected chi connectivity index (χ0v) is 18.6. The van der Waals surface area contributed by atoms with Crippen LogP contribution >= 0.6 is 22.9 Å². The molecule has 0 amide bonds.